The molecule has 1 aromatic heterocycles. The molecule has 0 bridgehead atoms. The van der Waals surface area contributed by atoms with E-state index in [0.717, 1.165) is 42.5 Å². The minimum absolute atomic E-state index is 0.173. The van der Waals surface area contributed by atoms with Gasteiger partial charge in [-0.15, -0.1) is 0 Å². The lowest BCUT2D eigenvalue weighted by atomic mass is 9.97. The third-order valence-electron chi connectivity index (χ3n) is 3.84. The van der Waals surface area contributed by atoms with Gasteiger partial charge in [-0.25, -0.2) is 4.79 Å². The number of fused-ring (bicyclic) bond motifs is 1. The molecule has 5 heteroatoms. The van der Waals surface area contributed by atoms with Crippen LogP contribution in [-0.4, -0.2) is 9.55 Å². The predicted octanol–water partition coefficient (Wildman–Crippen LogP) is 1.59. The van der Waals surface area contributed by atoms with Crippen molar-refractivity contribution in [2.75, 3.05) is 0 Å². The fourth-order valence-corrected chi connectivity index (χ4v) is 2.76. The number of H-pyrrole nitrogens is 1. The molecule has 1 aliphatic carbocycles. The zero-order valence-corrected chi connectivity index (χ0v) is 11.8. The molecule has 1 aliphatic rings. The molecule has 21 heavy (non-hydrogen) atoms. The number of nitrogens with zero attached hydrogens (tertiary/aromatic N) is 1. The van der Waals surface area contributed by atoms with Crippen molar-refractivity contribution in [2.24, 2.45) is 0 Å². The second-order valence-corrected chi connectivity index (χ2v) is 5.28. The van der Waals surface area contributed by atoms with E-state index in [0.29, 0.717) is 6.61 Å². The third-order valence-corrected chi connectivity index (χ3v) is 3.84. The van der Waals surface area contributed by atoms with Gasteiger partial charge in [0.15, 0.2) is 0 Å². The number of aromatic nitrogens is 2. The Balaban J connectivity index is 1.79. The average Bonchev–Trinajstić information content (AvgIpc) is 2.51. The van der Waals surface area contributed by atoms with E-state index in [9.17, 15) is 9.59 Å². The van der Waals surface area contributed by atoms with Gasteiger partial charge in [0, 0.05) is 11.3 Å². The zero-order valence-electron chi connectivity index (χ0n) is 11.8. The van der Waals surface area contributed by atoms with Crippen LogP contribution in [0.2, 0.25) is 0 Å². The van der Waals surface area contributed by atoms with Crippen molar-refractivity contribution in [3.63, 3.8) is 0 Å². The first-order valence-electron chi connectivity index (χ1n) is 7.22. The Labute approximate surface area is 122 Å². The van der Waals surface area contributed by atoms with Crippen molar-refractivity contribution in [2.45, 2.75) is 39.0 Å². The molecule has 0 spiro atoms. The van der Waals surface area contributed by atoms with Crippen LogP contribution in [0.4, 0.5) is 0 Å². The van der Waals surface area contributed by atoms with E-state index in [2.05, 4.69) is 4.98 Å². The standard InChI is InChI=1S/C16H18N2O3/c19-15-13-8-4-5-9-14(13)18(16(20)17-15)11-21-10-12-6-2-1-3-7-12/h1-3,6-7H,4-5,8-11H2,(H,17,19,20). The van der Waals surface area contributed by atoms with Crippen LogP contribution < -0.4 is 11.2 Å². The number of hydrogen-bond acceptors (Lipinski definition) is 3. The molecule has 0 unspecified atom stereocenters. The molecule has 0 amide bonds. The fourth-order valence-electron chi connectivity index (χ4n) is 2.76. The molecule has 5 nitrogen and oxygen atoms in total. The number of rotatable bonds is 4. The molecule has 2 aromatic rings. The number of ether oxygens (including phenoxy) is 1. The number of nitrogens with one attached hydrogen (secondary N) is 1. The fraction of sp³-hybridized carbons (Fsp3) is 0.375. The molecular formula is C16H18N2O3. The van der Waals surface area contributed by atoms with Crippen LogP contribution in [0.15, 0.2) is 39.9 Å². The van der Waals surface area contributed by atoms with Crippen molar-refractivity contribution in [1.29, 1.82) is 0 Å². The highest BCUT2D eigenvalue weighted by Gasteiger charge is 2.18. The summed E-state index contributed by atoms with van der Waals surface area (Å²) in [6, 6.07) is 9.81. The monoisotopic (exact) mass is 286 g/mol. The van der Waals surface area contributed by atoms with Gasteiger partial charge in [0.25, 0.3) is 5.56 Å². The first-order chi connectivity index (χ1) is 10.3. The van der Waals surface area contributed by atoms with Gasteiger partial charge in [0.1, 0.15) is 6.73 Å². The van der Waals surface area contributed by atoms with Crippen LogP contribution in [0, 0.1) is 0 Å². The van der Waals surface area contributed by atoms with Gasteiger partial charge in [0.05, 0.1) is 6.61 Å². The van der Waals surface area contributed by atoms with Gasteiger partial charge >= 0.3 is 5.69 Å². The maximum atomic E-state index is 12.0. The van der Waals surface area contributed by atoms with E-state index in [-0.39, 0.29) is 18.0 Å². The van der Waals surface area contributed by atoms with Crippen molar-refractivity contribution in [3.05, 3.63) is 68.0 Å². The maximum absolute atomic E-state index is 12.0. The Morgan fingerprint density at radius 3 is 2.67 bits per heavy atom. The summed E-state index contributed by atoms with van der Waals surface area (Å²) in [5.41, 5.74) is 2.01. The Hall–Kier alpha value is -2.14. The molecular weight excluding hydrogens is 268 g/mol. The van der Waals surface area contributed by atoms with Crippen molar-refractivity contribution in [3.8, 4) is 0 Å². The molecule has 1 heterocycles. The van der Waals surface area contributed by atoms with E-state index in [1.807, 2.05) is 30.3 Å². The van der Waals surface area contributed by atoms with Crippen molar-refractivity contribution in [1.82, 2.24) is 9.55 Å². The van der Waals surface area contributed by atoms with Gasteiger partial charge in [0.2, 0.25) is 0 Å². The summed E-state index contributed by atoms with van der Waals surface area (Å²) in [4.78, 5) is 26.2. The highest BCUT2D eigenvalue weighted by molar-refractivity contribution is 5.20. The van der Waals surface area contributed by atoms with E-state index in [1.165, 1.54) is 0 Å². The summed E-state index contributed by atoms with van der Waals surface area (Å²) < 4.78 is 7.19. The quantitative estimate of drug-likeness (QED) is 0.928. The normalized spacial score (nSPS) is 13.9. The molecule has 0 aliphatic heterocycles. The zero-order chi connectivity index (χ0) is 14.7. The molecule has 1 aromatic carbocycles. The molecule has 0 radical (unpaired) electrons. The summed E-state index contributed by atoms with van der Waals surface area (Å²) in [5.74, 6) is 0. The van der Waals surface area contributed by atoms with Crippen LogP contribution in [0.1, 0.15) is 29.7 Å². The molecule has 0 saturated carbocycles. The van der Waals surface area contributed by atoms with Crippen molar-refractivity contribution < 1.29 is 4.74 Å². The van der Waals surface area contributed by atoms with Crippen LogP contribution in [-0.2, 0) is 30.9 Å². The smallest absolute Gasteiger partial charge is 0.330 e. The summed E-state index contributed by atoms with van der Waals surface area (Å²) in [6.07, 6.45) is 3.51. The Bertz CT molecular complexity index is 731. The lowest BCUT2D eigenvalue weighted by Gasteiger charge is -2.19. The van der Waals surface area contributed by atoms with E-state index >= 15 is 0 Å². The molecule has 1 N–H and O–H groups in total. The number of benzene rings is 1. The highest BCUT2D eigenvalue weighted by Crippen LogP contribution is 2.16. The average molecular weight is 286 g/mol. The summed E-state index contributed by atoms with van der Waals surface area (Å²) in [5, 5.41) is 0. The molecule has 0 fully saturated rings. The third kappa shape index (κ3) is 2.97. The Kier molecular flexibility index (Phi) is 4.01. The van der Waals surface area contributed by atoms with Crippen LogP contribution >= 0.6 is 0 Å². The Morgan fingerprint density at radius 2 is 1.86 bits per heavy atom. The largest absolute Gasteiger partial charge is 0.356 e. The minimum atomic E-state index is -0.381. The molecule has 0 atom stereocenters. The second-order valence-electron chi connectivity index (χ2n) is 5.28. The van der Waals surface area contributed by atoms with Crippen LogP contribution in [0.25, 0.3) is 0 Å². The first-order valence-corrected chi connectivity index (χ1v) is 7.22. The molecule has 0 saturated heterocycles. The minimum Gasteiger partial charge on any atom is -0.356 e. The summed E-state index contributed by atoms with van der Waals surface area (Å²) >= 11 is 0. The topological polar surface area (TPSA) is 64.1 Å². The maximum Gasteiger partial charge on any atom is 0.330 e. The van der Waals surface area contributed by atoms with Gasteiger partial charge in [-0.3, -0.25) is 14.3 Å². The highest BCUT2D eigenvalue weighted by atomic mass is 16.5. The number of aromatic amines is 1. The Morgan fingerprint density at radius 1 is 1.10 bits per heavy atom. The predicted molar refractivity (Wildman–Crippen MR) is 79.2 cm³/mol. The summed E-state index contributed by atoms with van der Waals surface area (Å²) in [6.45, 7) is 0.619. The van der Waals surface area contributed by atoms with Gasteiger partial charge in [-0.05, 0) is 31.2 Å². The van der Waals surface area contributed by atoms with E-state index in [4.69, 9.17) is 4.74 Å². The summed E-state index contributed by atoms with van der Waals surface area (Å²) in [7, 11) is 0. The van der Waals surface area contributed by atoms with Gasteiger partial charge < -0.3 is 4.74 Å². The number of hydrogen-bond donors (Lipinski definition) is 1. The SMILES string of the molecule is O=c1[nH]c(=O)n(COCc2ccccc2)c2c1CCCC2. The molecule has 3 rings (SSSR count). The van der Waals surface area contributed by atoms with Gasteiger partial charge in [-0.2, -0.15) is 0 Å². The van der Waals surface area contributed by atoms with Crippen molar-refractivity contribution >= 4 is 0 Å². The van der Waals surface area contributed by atoms with E-state index < -0.39 is 0 Å². The van der Waals surface area contributed by atoms with E-state index in [1.54, 1.807) is 4.57 Å². The van der Waals surface area contributed by atoms with Crippen LogP contribution in [0.3, 0.4) is 0 Å². The second kappa shape index (κ2) is 6.10. The first kappa shape index (κ1) is 13.8. The lowest BCUT2D eigenvalue weighted by molar-refractivity contribution is 0.0584. The van der Waals surface area contributed by atoms with Gasteiger partial charge in [-0.1, -0.05) is 30.3 Å². The van der Waals surface area contributed by atoms with Crippen LogP contribution in [0.5, 0.6) is 0 Å². The lowest BCUT2D eigenvalue weighted by Crippen LogP contribution is -2.37. The molecule has 110 valence electrons.